The van der Waals surface area contributed by atoms with Crippen LogP contribution in [0.15, 0.2) is 76.2 Å². The number of halogens is 1. The van der Waals surface area contributed by atoms with Crippen LogP contribution in [0.3, 0.4) is 0 Å². The Labute approximate surface area is 182 Å². The number of nitrogens with one attached hydrogen (secondary N) is 1. The fraction of sp³-hybridized carbons (Fsp3) is 0.304. The molecular formula is C23H26FN3O3S. The van der Waals surface area contributed by atoms with E-state index in [1.807, 2.05) is 24.0 Å². The summed E-state index contributed by atoms with van der Waals surface area (Å²) < 4.78 is 48.0. The lowest BCUT2D eigenvalue weighted by atomic mass is 10.1. The monoisotopic (exact) mass is 443 g/mol. The zero-order chi connectivity index (χ0) is 21.8. The second-order valence-corrected chi connectivity index (χ2v) is 9.44. The molecule has 0 spiro atoms. The van der Waals surface area contributed by atoms with Gasteiger partial charge in [0.2, 0.25) is 10.0 Å². The second kappa shape index (κ2) is 9.21. The Morgan fingerprint density at radius 3 is 2.35 bits per heavy atom. The lowest BCUT2D eigenvalue weighted by molar-refractivity contribution is 0.166. The third-order valence-corrected chi connectivity index (χ3v) is 7.06. The number of benzene rings is 2. The van der Waals surface area contributed by atoms with Gasteiger partial charge in [-0.1, -0.05) is 29.8 Å². The van der Waals surface area contributed by atoms with Crippen LogP contribution in [0.1, 0.15) is 17.4 Å². The first kappa shape index (κ1) is 21.5. The summed E-state index contributed by atoms with van der Waals surface area (Å²) in [6, 6.07) is 16.9. The Balaban J connectivity index is 1.46. The van der Waals surface area contributed by atoms with Crippen molar-refractivity contribution in [2.24, 2.45) is 0 Å². The molecule has 164 valence electrons. The standard InChI is InChI=1S/C23H26FN3O3S/c1-18-8-10-19(11-9-18)31(28,29)25-17-22(23-7-4-16-30-23)27-14-12-26(13-15-27)21-6-3-2-5-20(21)24/h2-11,16,22,25H,12-15,17H2,1H3/t22-/m0/s1. The molecule has 1 aliphatic heterocycles. The average molecular weight is 444 g/mol. The van der Waals surface area contributed by atoms with Crippen molar-refractivity contribution >= 4 is 15.7 Å². The predicted octanol–water partition coefficient (Wildman–Crippen LogP) is 3.57. The Morgan fingerprint density at radius 2 is 1.71 bits per heavy atom. The van der Waals surface area contributed by atoms with Crippen LogP contribution in [0.4, 0.5) is 10.1 Å². The first-order chi connectivity index (χ1) is 14.9. The molecule has 0 amide bonds. The number of hydrogen-bond acceptors (Lipinski definition) is 5. The van der Waals surface area contributed by atoms with E-state index in [4.69, 9.17) is 4.42 Å². The van der Waals surface area contributed by atoms with E-state index in [-0.39, 0.29) is 23.3 Å². The Hall–Kier alpha value is -2.68. The summed E-state index contributed by atoms with van der Waals surface area (Å²) in [6.07, 6.45) is 1.59. The van der Waals surface area contributed by atoms with Gasteiger partial charge in [-0.05, 0) is 43.3 Å². The highest BCUT2D eigenvalue weighted by molar-refractivity contribution is 7.89. The molecule has 0 radical (unpaired) electrons. The minimum Gasteiger partial charge on any atom is -0.468 e. The molecule has 0 saturated carbocycles. The zero-order valence-corrected chi connectivity index (χ0v) is 18.2. The molecule has 1 aromatic heterocycles. The van der Waals surface area contributed by atoms with Crippen molar-refractivity contribution in [1.82, 2.24) is 9.62 Å². The molecule has 1 N–H and O–H groups in total. The van der Waals surface area contributed by atoms with Gasteiger partial charge in [0.05, 0.1) is 22.9 Å². The Kier molecular flexibility index (Phi) is 6.41. The van der Waals surface area contributed by atoms with Gasteiger partial charge in [-0.25, -0.2) is 17.5 Å². The van der Waals surface area contributed by atoms with Crippen molar-refractivity contribution in [1.29, 1.82) is 0 Å². The average Bonchev–Trinajstić information content (AvgIpc) is 3.30. The Bertz CT molecular complexity index is 1090. The van der Waals surface area contributed by atoms with Crippen LogP contribution >= 0.6 is 0 Å². The minimum atomic E-state index is -3.64. The van der Waals surface area contributed by atoms with Crippen molar-refractivity contribution in [3.8, 4) is 0 Å². The Morgan fingerprint density at radius 1 is 1.00 bits per heavy atom. The van der Waals surface area contributed by atoms with Crippen molar-refractivity contribution in [3.63, 3.8) is 0 Å². The maximum absolute atomic E-state index is 14.1. The van der Waals surface area contributed by atoms with Gasteiger partial charge in [-0.2, -0.15) is 0 Å². The van der Waals surface area contributed by atoms with E-state index >= 15 is 0 Å². The van der Waals surface area contributed by atoms with E-state index in [1.54, 1.807) is 48.7 Å². The minimum absolute atomic E-state index is 0.184. The van der Waals surface area contributed by atoms with Gasteiger partial charge in [-0.15, -0.1) is 0 Å². The maximum atomic E-state index is 14.1. The summed E-state index contributed by atoms with van der Waals surface area (Å²) in [4.78, 5) is 4.43. The molecule has 31 heavy (non-hydrogen) atoms. The summed E-state index contributed by atoms with van der Waals surface area (Å²) in [5.74, 6) is 0.468. The largest absolute Gasteiger partial charge is 0.468 e. The molecule has 6 nitrogen and oxygen atoms in total. The molecule has 0 aliphatic carbocycles. The zero-order valence-electron chi connectivity index (χ0n) is 17.4. The topological polar surface area (TPSA) is 65.8 Å². The molecule has 0 unspecified atom stereocenters. The smallest absolute Gasteiger partial charge is 0.240 e. The molecule has 3 aromatic rings. The number of hydrogen-bond donors (Lipinski definition) is 1. The quantitative estimate of drug-likeness (QED) is 0.605. The van der Waals surface area contributed by atoms with Gasteiger partial charge in [-0.3, -0.25) is 4.90 Å². The van der Waals surface area contributed by atoms with Crippen LogP contribution in [0, 0.1) is 12.7 Å². The summed E-state index contributed by atoms with van der Waals surface area (Å²) in [6.45, 7) is 4.70. The van der Waals surface area contributed by atoms with Gasteiger partial charge < -0.3 is 9.32 Å². The van der Waals surface area contributed by atoms with Crippen LogP contribution in [0.2, 0.25) is 0 Å². The number of nitrogens with zero attached hydrogens (tertiary/aromatic N) is 2. The van der Waals surface area contributed by atoms with E-state index in [2.05, 4.69) is 9.62 Å². The van der Waals surface area contributed by atoms with Crippen molar-refractivity contribution in [3.05, 3.63) is 84.1 Å². The molecule has 8 heteroatoms. The third kappa shape index (κ3) is 4.98. The SMILES string of the molecule is Cc1ccc(S(=O)(=O)NC[C@@H](c2ccco2)N2CCN(c3ccccc3F)CC2)cc1. The highest BCUT2D eigenvalue weighted by atomic mass is 32.2. The molecule has 0 bridgehead atoms. The number of para-hydroxylation sites is 1. The van der Waals surface area contributed by atoms with Gasteiger partial charge in [0.15, 0.2) is 0 Å². The number of furan rings is 1. The molecule has 2 aromatic carbocycles. The van der Waals surface area contributed by atoms with Gasteiger partial charge in [0.25, 0.3) is 0 Å². The molecule has 1 saturated heterocycles. The van der Waals surface area contributed by atoms with Crippen LogP contribution in [0.5, 0.6) is 0 Å². The second-order valence-electron chi connectivity index (χ2n) is 7.67. The summed E-state index contributed by atoms with van der Waals surface area (Å²) in [5, 5.41) is 0. The van der Waals surface area contributed by atoms with Crippen LogP contribution in [-0.4, -0.2) is 46.0 Å². The van der Waals surface area contributed by atoms with E-state index in [1.165, 1.54) is 6.07 Å². The van der Waals surface area contributed by atoms with E-state index in [0.717, 1.165) is 5.56 Å². The first-order valence-electron chi connectivity index (χ1n) is 10.3. The normalized spacial score (nSPS) is 16.4. The van der Waals surface area contributed by atoms with Crippen molar-refractivity contribution < 1.29 is 17.2 Å². The summed E-state index contributed by atoms with van der Waals surface area (Å²) in [7, 11) is -3.64. The number of rotatable bonds is 7. The van der Waals surface area contributed by atoms with Gasteiger partial charge in [0.1, 0.15) is 11.6 Å². The van der Waals surface area contributed by atoms with Gasteiger partial charge in [0, 0.05) is 32.7 Å². The lowest BCUT2D eigenvalue weighted by Crippen LogP contribution is -2.50. The first-order valence-corrected chi connectivity index (χ1v) is 11.8. The highest BCUT2D eigenvalue weighted by Gasteiger charge is 2.29. The van der Waals surface area contributed by atoms with E-state index < -0.39 is 10.0 Å². The van der Waals surface area contributed by atoms with Crippen LogP contribution in [-0.2, 0) is 10.0 Å². The van der Waals surface area contributed by atoms with Crippen molar-refractivity contribution in [2.45, 2.75) is 17.9 Å². The third-order valence-electron chi connectivity index (χ3n) is 5.62. The van der Waals surface area contributed by atoms with E-state index in [0.29, 0.717) is 37.6 Å². The number of anilines is 1. The lowest BCUT2D eigenvalue weighted by Gasteiger charge is -2.39. The molecule has 4 rings (SSSR count). The fourth-order valence-electron chi connectivity index (χ4n) is 3.86. The van der Waals surface area contributed by atoms with Crippen LogP contribution < -0.4 is 9.62 Å². The summed E-state index contributed by atoms with van der Waals surface area (Å²) in [5.41, 5.74) is 1.59. The number of piperazine rings is 1. The predicted molar refractivity (Wildman–Crippen MR) is 118 cm³/mol. The molecule has 1 aliphatic rings. The highest BCUT2D eigenvalue weighted by Crippen LogP contribution is 2.26. The molecule has 1 fully saturated rings. The molecular weight excluding hydrogens is 417 g/mol. The van der Waals surface area contributed by atoms with Crippen molar-refractivity contribution in [2.75, 3.05) is 37.6 Å². The number of sulfonamides is 1. The van der Waals surface area contributed by atoms with Crippen LogP contribution in [0.25, 0.3) is 0 Å². The maximum Gasteiger partial charge on any atom is 0.240 e. The van der Waals surface area contributed by atoms with Gasteiger partial charge >= 0.3 is 0 Å². The summed E-state index contributed by atoms with van der Waals surface area (Å²) >= 11 is 0. The fourth-order valence-corrected chi connectivity index (χ4v) is 4.90. The number of aryl methyl sites for hydroxylation is 1. The van der Waals surface area contributed by atoms with E-state index in [9.17, 15) is 12.8 Å². The molecule has 1 atom stereocenters. The molecule has 2 heterocycles.